The molecule has 0 saturated carbocycles. The highest BCUT2D eigenvalue weighted by Crippen LogP contribution is 2.22. The molecule has 0 unspecified atom stereocenters. The molecule has 1 aliphatic heterocycles. The largest absolute Gasteiger partial charge is 0.388 e. The van der Waals surface area contributed by atoms with Crippen molar-refractivity contribution in [1.82, 2.24) is 10.2 Å². The van der Waals surface area contributed by atoms with E-state index in [4.69, 9.17) is 0 Å². The molecule has 1 atom stereocenters. The fraction of sp³-hybridized carbons (Fsp3) is 0.600. The molecule has 3 nitrogen and oxygen atoms in total. The summed E-state index contributed by atoms with van der Waals surface area (Å²) in [5, 5.41) is 6.78. The van der Waals surface area contributed by atoms with Crippen LogP contribution in [-0.2, 0) is 6.54 Å². The number of anilines is 1. The molecule has 0 aromatic heterocycles. The summed E-state index contributed by atoms with van der Waals surface area (Å²) in [6.45, 7) is 11.1. The number of hydrogen-bond donors (Lipinski definition) is 2. The molecule has 0 bridgehead atoms. The highest BCUT2D eigenvalue weighted by Gasteiger charge is 2.16. The Bertz CT molecular complexity index is 424. The lowest BCUT2D eigenvalue weighted by Crippen LogP contribution is -2.48. The summed E-state index contributed by atoms with van der Waals surface area (Å²) in [5.74, 6) is 0. The van der Waals surface area contributed by atoms with E-state index < -0.39 is 0 Å². The van der Waals surface area contributed by atoms with Gasteiger partial charge in [-0.1, -0.05) is 6.07 Å². The van der Waals surface area contributed by atoms with Gasteiger partial charge in [-0.15, -0.1) is 24.8 Å². The minimum absolute atomic E-state index is 0. The van der Waals surface area contributed by atoms with E-state index in [9.17, 15) is 0 Å². The smallest absolute Gasteiger partial charge is 0.0373 e. The highest BCUT2D eigenvalue weighted by atomic mass is 35.5. The maximum atomic E-state index is 3.49. The molecule has 5 heteroatoms. The van der Waals surface area contributed by atoms with Gasteiger partial charge < -0.3 is 10.6 Å². The Labute approximate surface area is 135 Å². The normalized spacial score (nSPS) is 18.9. The SMILES string of the molecule is CNc1cc(C)cc(CN2CCN[C@@H](C)C2)c1C.Cl.Cl. The molecule has 1 aromatic rings. The van der Waals surface area contributed by atoms with Crippen molar-refractivity contribution in [2.45, 2.75) is 33.4 Å². The lowest BCUT2D eigenvalue weighted by Gasteiger charge is -2.32. The number of aryl methyl sites for hydroxylation is 1. The van der Waals surface area contributed by atoms with E-state index >= 15 is 0 Å². The third-order valence-electron chi connectivity index (χ3n) is 3.78. The first-order chi connectivity index (χ1) is 8.60. The Morgan fingerprint density at radius 2 is 2.00 bits per heavy atom. The van der Waals surface area contributed by atoms with E-state index in [1.807, 2.05) is 7.05 Å². The van der Waals surface area contributed by atoms with Gasteiger partial charge in [0, 0.05) is 45.0 Å². The minimum Gasteiger partial charge on any atom is -0.388 e. The zero-order valence-electron chi connectivity index (χ0n) is 12.8. The van der Waals surface area contributed by atoms with E-state index in [0.717, 1.165) is 26.2 Å². The summed E-state index contributed by atoms with van der Waals surface area (Å²) in [6, 6.07) is 5.15. The number of piperazine rings is 1. The van der Waals surface area contributed by atoms with Crippen LogP contribution < -0.4 is 10.6 Å². The average Bonchev–Trinajstić information content (AvgIpc) is 2.33. The van der Waals surface area contributed by atoms with Crippen LogP contribution in [0, 0.1) is 13.8 Å². The molecule has 1 heterocycles. The molecule has 0 amide bonds. The fourth-order valence-corrected chi connectivity index (χ4v) is 2.75. The summed E-state index contributed by atoms with van der Waals surface area (Å²) < 4.78 is 0. The molecule has 2 N–H and O–H groups in total. The molecule has 1 fully saturated rings. The van der Waals surface area contributed by atoms with Crippen LogP contribution in [0.1, 0.15) is 23.6 Å². The second-order valence-corrected chi connectivity index (χ2v) is 5.44. The lowest BCUT2D eigenvalue weighted by molar-refractivity contribution is 0.199. The minimum atomic E-state index is 0. The first-order valence-electron chi connectivity index (χ1n) is 6.83. The second-order valence-electron chi connectivity index (χ2n) is 5.44. The van der Waals surface area contributed by atoms with Gasteiger partial charge in [0.2, 0.25) is 0 Å². The van der Waals surface area contributed by atoms with Gasteiger partial charge in [-0.3, -0.25) is 4.90 Å². The van der Waals surface area contributed by atoms with Crippen LogP contribution in [-0.4, -0.2) is 37.6 Å². The number of benzene rings is 1. The van der Waals surface area contributed by atoms with Crippen molar-refractivity contribution < 1.29 is 0 Å². The maximum absolute atomic E-state index is 3.49. The summed E-state index contributed by atoms with van der Waals surface area (Å²) in [4.78, 5) is 2.54. The highest BCUT2D eigenvalue weighted by molar-refractivity contribution is 5.85. The standard InChI is InChI=1S/C15H25N3.2ClH/c1-11-7-14(13(3)15(8-11)16-4)10-18-6-5-17-12(2)9-18;;/h7-8,12,16-17H,5-6,9-10H2,1-4H3;2*1H/t12-;;/m0../s1. The molecular weight excluding hydrogens is 293 g/mol. The van der Waals surface area contributed by atoms with E-state index in [2.05, 4.69) is 48.4 Å². The monoisotopic (exact) mass is 319 g/mol. The van der Waals surface area contributed by atoms with Gasteiger partial charge in [-0.05, 0) is 43.5 Å². The van der Waals surface area contributed by atoms with Crippen molar-refractivity contribution in [3.05, 3.63) is 28.8 Å². The third-order valence-corrected chi connectivity index (χ3v) is 3.78. The molecule has 2 rings (SSSR count). The van der Waals surface area contributed by atoms with Crippen LogP contribution in [0.25, 0.3) is 0 Å². The van der Waals surface area contributed by atoms with Crippen molar-refractivity contribution in [1.29, 1.82) is 0 Å². The van der Waals surface area contributed by atoms with Gasteiger partial charge in [0.05, 0.1) is 0 Å². The predicted octanol–water partition coefficient (Wildman–Crippen LogP) is 2.98. The number of halogens is 2. The molecule has 20 heavy (non-hydrogen) atoms. The van der Waals surface area contributed by atoms with Gasteiger partial charge in [0.25, 0.3) is 0 Å². The average molecular weight is 320 g/mol. The second kappa shape index (κ2) is 8.73. The van der Waals surface area contributed by atoms with Crippen LogP contribution in [0.15, 0.2) is 12.1 Å². The quantitative estimate of drug-likeness (QED) is 0.897. The van der Waals surface area contributed by atoms with Crippen molar-refractivity contribution in [2.24, 2.45) is 0 Å². The zero-order valence-corrected chi connectivity index (χ0v) is 14.5. The summed E-state index contributed by atoms with van der Waals surface area (Å²) in [7, 11) is 2.00. The molecule has 0 aliphatic carbocycles. The topological polar surface area (TPSA) is 27.3 Å². The van der Waals surface area contributed by atoms with Gasteiger partial charge >= 0.3 is 0 Å². The van der Waals surface area contributed by atoms with Crippen molar-refractivity contribution >= 4 is 30.5 Å². The summed E-state index contributed by atoms with van der Waals surface area (Å²) >= 11 is 0. The van der Waals surface area contributed by atoms with Crippen LogP contribution in [0.3, 0.4) is 0 Å². The Morgan fingerprint density at radius 3 is 2.60 bits per heavy atom. The van der Waals surface area contributed by atoms with Crippen LogP contribution >= 0.6 is 24.8 Å². The molecule has 0 spiro atoms. The molecular formula is C15H27Cl2N3. The first kappa shape index (κ1) is 19.5. The number of rotatable bonds is 3. The zero-order chi connectivity index (χ0) is 13.1. The lowest BCUT2D eigenvalue weighted by atomic mass is 10.0. The summed E-state index contributed by atoms with van der Waals surface area (Å²) in [6.07, 6.45) is 0. The van der Waals surface area contributed by atoms with E-state index in [-0.39, 0.29) is 24.8 Å². The number of hydrogen-bond acceptors (Lipinski definition) is 3. The van der Waals surface area contributed by atoms with Crippen LogP contribution in [0.5, 0.6) is 0 Å². The van der Waals surface area contributed by atoms with E-state index in [1.54, 1.807) is 0 Å². The van der Waals surface area contributed by atoms with E-state index in [0.29, 0.717) is 6.04 Å². The van der Waals surface area contributed by atoms with Crippen molar-refractivity contribution in [3.8, 4) is 0 Å². The van der Waals surface area contributed by atoms with Gasteiger partial charge in [-0.2, -0.15) is 0 Å². The predicted molar refractivity (Wildman–Crippen MR) is 92.7 cm³/mol. The Kier molecular flexibility index (Phi) is 8.52. The van der Waals surface area contributed by atoms with Crippen LogP contribution in [0.2, 0.25) is 0 Å². The van der Waals surface area contributed by atoms with Gasteiger partial charge in [0.1, 0.15) is 0 Å². The number of nitrogens with zero attached hydrogens (tertiary/aromatic N) is 1. The van der Waals surface area contributed by atoms with Gasteiger partial charge in [0.15, 0.2) is 0 Å². The molecule has 1 saturated heterocycles. The maximum Gasteiger partial charge on any atom is 0.0373 e. The van der Waals surface area contributed by atoms with E-state index in [1.165, 1.54) is 22.4 Å². The number of nitrogens with one attached hydrogen (secondary N) is 2. The van der Waals surface area contributed by atoms with Crippen LogP contribution in [0.4, 0.5) is 5.69 Å². The molecule has 116 valence electrons. The fourth-order valence-electron chi connectivity index (χ4n) is 2.75. The third kappa shape index (κ3) is 4.81. The van der Waals surface area contributed by atoms with Crippen molar-refractivity contribution in [3.63, 3.8) is 0 Å². The molecule has 1 aromatic carbocycles. The van der Waals surface area contributed by atoms with Crippen molar-refractivity contribution in [2.75, 3.05) is 32.0 Å². The van der Waals surface area contributed by atoms with Gasteiger partial charge in [-0.25, -0.2) is 0 Å². The Hall–Kier alpha value is -0.480. The Balaban J connectivity index is 0.00000180. The summed E-state index contributed by atoms with van der Waals surface area (Å²) in [5.41, 5.74) is 5.43. The molecule has 1 aliphatic rings. The Morgan fingerprint density at radius 1 is 1.30 bits per heavy atom. The molecule has 0 radical (unpaired) electrons. The first-order valence-corrected chi connectivity index (χ1v) is 6.83.